The summed E-state index contributed by atoms with van der Waals surface area (Å²) in [6, 6.07) is 38.0. The maximum absolute atomic E-state index is 6.37. The maximum Gasteiger partial charge on any atom is 0.136 e. The first-order valence-corrected chi connectivity index (χ1v) is 13.4. The Morgan fingerprint density at radius 2 is 1.26 bits per heavy atom. The van der Waals surface area contributed by atoms with Crippen LogP contribution in [0, 0.1) is 0 Å². The van der Waals surface area contributed by atoms with Gasteiger partial charge in [-0.1, -0.05) is 84.9 Å². The number of aromatic nitrogens is 2. The van der Waals surface area contributed by atoms with Gasteiger partial charge in [0.05, 0.1) is 22.4 Å². The zero-order valence-electron chi connectivity index (χ0n) is 21.3. The highest BCUT2D eigenvalue weighted by Gasteiger charge is 2.16. The number of allylic oxidation sites excluding steroid dienone is 1. The lowest BCUT2D eigenvalue weighted by molar-refractivity contribution is 0.669. The van der Waals surface area contributed by atoms with Gasteiger partial charge in [-0.05, 0) is 71.5 Å². The molecule has 0 amide bonds. The normalized spacial score (nSPS) is 12.8. The molecule has 7 aromatic rings. The van der Waals surface area contributed by atoms with Crippen LogP contribution in [-0.2, 0) is 6.42 Å². The Morgan fingerprint density at radius 3 is 2.10 bits per heavy atom. The van der Waals surface area contributed by atoms with Crippen molar-refractivity contribution in [3.8, 4) is 33.6 Å². The zero-order valence-corrected chi connectivity index (χ0v) is 21.3. The van der Waals surface area contributed by atoms with Crippen molar-refractivity contribution in [2.45, 2.75) is 12.8 Å². The molecule has 184 valence electrons. The van der Waals surface area contributed by atoms with Crippen LogP contribution in [0.2, 0.25) is 0 Å². The van der Waals surface area contributed by atoms with Crippen molar-refractivity contribution in [3.63, 3.8) is 0 Å². The topological polar surface area (TPSA) is 38.9 Å². The summed E-state index contributed by atoms with van der Waals surface area (Å²) in [5.41, 5.74) is 12.5. The van der Waals surface area contributed by atoms with Gasteiger partial charge in [0.15, 0.2) is 0 Å². The molecule has 0 atom stereocenters. The van der Waals surface area contributed by atoms with Gasteiger partial charge >= 0.3 is 0 Å². The molecule has 0 radical (unpaired) electrons. The number of rotatable bonds is 3. The first kappa shape index (κ1) is 22.0. The van der Waals surface area contributed by atoms with E-state index in [1.807, 2.05) is 42.5 Å². The molecule has 0 fully saturated rings. The van der Waals surface area contributed by atoms with Crippen molar-refractivity contribution in [1.29, 1.82) is 0 Å². The van der Waals surface area contributed by atoms with Gasteiger partial charge < -0.3 is 4.42 Å². The molecular formula is C36H24N2O. The van der Waals surface area contributed by atoms with Crippen LogP contribution in [-0.4, -0.2) is 9.97 Å². The van der Waals surface area contributed by atoms with E-state index in [4.69, 9.17) is 14.4 Å². The lowest BCUT2D eigenvalue weighted by Gasteiger charge is -2.12. The molecule has 5 aromatic carbocycles. The minimum Gasteiger partial charge on any atom is -0.456 e. The van der Waals surface area contributed by atoms with Crippen LogP contribution >= 0.6 is 0 Å². The predicted octanol–water partition coefficient (Wildman–Crippen LogP) is 9.49. The molecule has 3 nitrogen and oxygen atoms in total. The monoisotopic (exact) mass is 500 g/mol. The molecule has 0 saturated carbocycles. The van der Waals surface area contributed by atoms with Gasteiger partial charge in [0.25, 0.3) is 0 Å². The number of hydrogen-bond donors (Lipinski definition) is 0. The molecule has 1 aliphatic rings. The molecule has 0 bridgehead atoms. The molecule has 8 rings (SSSR count). The van der Waals surface area contributed by atoms with E-state index in [1.165, 1.54) is 22.3 Å². The average molecular weight is 501 g/mol. The van der Waals surface area contributed by atoms with E-state index in [-0.39, 0.29) is 0 Å². The van der Waals surface area contributed by atoms with Crippen molar-refractivity contribution < 1.29 is 4.42 Å². The van der Waals surface area contributed by atoms with E-state index in [0.29, 0.717) is 0 Å². The molecule has 39 heavy (non-hydrogen) atoms. The van der Waals surface area contributed by atoms with Crippen molar-refractivity contribution in [1.82, 2.24) is 9.97 Å². The van der Waals surface area contributed by atoms with E-state index in [0.717, 1.165) is 68.3 Å². The van der Waals surface area contributed by atoms with E-state index >= 15 is 0 Å². The molecule has 0 unspecified atom stereocenters. The van der Waals surface area contributed by atoms with Gasteiger partial charge in [-0.2, -0.15) is 0 Å². The number of para-hydroxylation sites is 2. The summed E-state index contributed by atoms with van der Waals surface area (Å²) >= 11 is 0. The highest BCUT2D eigenvalue weighted by molar-refractivity contribution is 6.07. The molecule has 3 heteroatoms. The molecule has 2 aromatic heterocycles. The summed E-state index contributed by atoms with van der Waals surface area (Å²) in [6.07, 6.45) is 6.70. The number of aryl methyl sites for hydroxylation is 1. The Labute approximate surface area is 226 Å². The summed E-state index contributed by atoms with van der Waals surface area (Å²) in [6.45, 7) is 0. The molecule has 0 N–H and O–H groups in total. The maximum atomic E-state index is 6.37. The summed E-state index contributed by atoms with van der Waals surface area (Å²) in [5.74, 6) is 0. The lowest BCUT2D eigenvalue weighted by atomic mass is 9.93. The third-order valence-electron chi connectivity index (χ3n) is 7.72. The van der Waals surface area contributed by atoms with Crippen LogP contribution in [0.4, 0.5) is 0 Å². The fourth-order valence-electron chi connectivity index (χ4n) is 5.72. The van der Waals surface area contributed by atoms with Crippen LogP contribution < -0.4 is 0 Å². The number of nitrogens with zero attached hydrogens (tertiary/aromatic N) is 2. The third kappa shape index (κ3) is 3.74. The van der Waals surface area contributed by atoms with Crippen molar-refractivity contribution >= 4 is 39.0 Å². The van der Waals surface area contributed by atoms with E-state index < -0.39 is 0 Å². The number of benzene rings is 5. The van der Waals surface area contributed by atoms with E-state index in [1.54, 1.807) is 0 Å². The number of furan rings is 1. The quantitative estimate of drug-likeness (QED) is 0.242. The Bertz CT molecular complexity index is 2070. The molecule has 0 spiro atoms. The minimum atomic E-state index is 0.851. The second-order valence-electron chi connectivity index (χ2n) is 10.2. The van der Waals surface area contributed by atoms with Gasteiger partial charge in [-0.15, -0.1) is 0 Å². The second-order valence-corrected chi connectivity index (χ2v) is 10.2. The predicted molar refractivity (Wildman–Crippen MR) is 160 cm³/mol. The smallest absolute Gasteiger partial charge is 0.136 e. The second kappa shape index (κ2) is 8.78. The van der Waals surface area contributed by atoms with Crippen LogP contribution in [0.5, 0.6) is 0 Å². The summed E-state index contributed by atoms with van der Waals surface area (Å²) < 4.78 is 6.37. The van der Waals surface area contributed by atoms with Crippen LogP contribution in [0.25, 0.3) is 72.7 Å². The Kier molecular flexibility index (Phi) is 4.95. The van der Waals surface area contributed by atoms with Crippen LogP contribution in [0.15, 0.2) is 120 Å². The number of hydrogen-bond acceptors (Lipinski definition) is 3. The van der Waals surface area contributed by atoms with Gasteiger partial charge in [0.1, 0.15) is 11.2 Å². The molecule has 1 aliphatic carbocycles. The largest absolute Gasteiger partial charge is 0.456 e. The Balaban J connectivity index is 1.27. The average Bonchev–Trinajstić information content (AvgIpc) is 3.38. The SMILES string of the molecule is C1=Cc2ccc(-c3ccc4oc5cc(-c6nc7ccccc7nc6-c6ccccc6)ccc5c4c3)cc2CC1. The minimum absolute atomic E-state index is 0.851. The van der Waals surface area contributed by atoms with Crippen LogP contribution in [0.1, 0.15) is 17.5 Å². The third-order valence-corrected chi connectivity index (χ3v) is 7.72. The zero-order chi connectivity index (χ0) is 25.8. The molecule has 0 saturated heterocycles. The summed E-state index contributed by atoms with van der Waals surface area (Å²) in [7, 11) is 0. The first-order chi connectivity index (χ1) is 19.3. The summed E-state index contributed by atoms with van der Waals surface area (Å²) in [4.78, 5) is 10.1. The van der Waals surface area contributed by atoms with Crippen molar-refractivity contribution in [2.24, 2.45) is 0 Å². The van der Waals surface area contributed by atoms with E-state index in [9.17, 15) is 0 Å². The fraction of sp³-hybridized carbons (Fsp3) is 0.0556. The van der Waals surface area contributed by atoms with Crippen molar-refractivity contribution in [2.75, 3.05) is 0 Å². The molecule has 2 heterocycles. The Morgan fingerprint density at radius 1 is 0.538 bits per heavy atom. The highest BCUT2D eigenvalue weighted by Crippen LogP contribution is 2.37. The highest BCUT2D eigenvalue weighted by atomic mass is 16.3. The first-order valence-electron chi connectivity index (χ1n) is 13.4. The fourth-order valence-corrected chi connectivity index (χ4v) is 5.72. The van der Waals surface area contributed by atoms with Gasteiger partial charge in [-0.3, -0.25) is 0 Å². The Hall–Kier alpha value is -5.02. The number of fused-ring (bicyclic) bond motifs is 5. The summed E-state index contributed by atoms with van der Waals surface area (Å²) in [5, 5.41) is 2.23. The van der Waals surface area contributed by atoms with Crippen LogP contribution in [0.3, 0.4) is 0 Å². The van der Waals surface area contributed by atoms with Gasteiger partial charge in [0, 0.05) is 21.9 Å². The molecular weight excluding hydrogens is 476 g/mol. The van der Waals surface area contributed by atoms with E-state index in [2.05, 4.69) is 78.9 Å². The lowest BCUT2D eigenvalue weighted by Crippen LogP contribution is -1.95. The standard InChI is InChI=1S/C36H24N2O/c1-2-9-24(10-3-1)35-36(38-32-13-7-6-12-31(32)37-35)28-16-18-29-30-21-27(17-19-33(30)39-34(29)22-28)26-15-14-23-8-4-5-11-25(23)20-26/h1-4,6-10,12-22H,5,11H2. The molecule has 0 aliphatic heterocycles. The van der Waals surface area contributed by atoms with Gasteiger partial charge in [0.2, 0.25) is 0 Å². The van der Waals surface area contributed by atoms with Gasteiger partial charge in [-0.25, -0.2) is 9.97 Å². The van der Waals surface area contributed by atoms with Crippen molar-refractivity contribution in [3.05, 3.63) is 126 Å².